The Bertz CT molecular complexity index is 1360. The zero-order valence-corrected chi connectivity index (χ0v) is 20.1. The Hall–Kier alpha value is -3.42. The molecular formula is C25H19BrClN3O3. The van der Waals surface area contributed by atoms with Crippen LogP contribution in [0.2, 0.25) is 5.28 Å². The van der Waals surface area contributed by atoms with Crippen LogP contribution in [0.15, 0.2) is 71.2 Å². The molecule has 33 heavy (non-hydrogen) atoms. The molecule has 4 rings (SSSR count). The molecule has 6 nitrogen and oxygen atoms in total. The first-order chi connectivity index (χ1) is 16.0. The van der Waals surface area contributed by atoms with Crippen molar-refractivity contribution < 1.29 is 14.3 Å². The fourth-order valence-corrected chi connectivity index (χ4v) is 3.69. The van der Waals surface area contributed by atoms with Crippen LogP contribution >= 0.6 is 27.5 Å². The number of carbonyl (C=O) groups excluding carboxylic acids is 1. The molecule has 0 saturated heterocycles. The number of aromatic nitrogens is 2. The number of methoxy groups -OCH3 is 2. The number of benzene rings is 3. The number of ketones is 1. The topological polar surface area (TPSA) is 73.3 Å². The van der Waals surface area contributed by atoms with Gasteiger partial charge in [-0.25, -0.2) is 4.98 Å². The number of carbonyl (C=O) groups is 1. The molecular weight excluding hydrogens is 506 g/mol. The number of nitrogens with one attached hydrogen (secondary N) is 1. The SMILES string of the molecule is COc1cc2nc(Cl)nc(Nc3cccc(C(=O)/C=C/c4ccc(Br)cc4)c3)c2cc1OC. The van der Waals surface area contributed by atoms with Gasteiger partial charge in [0.1, 0.15) is 5.82 Å². The molecule has 0 aliphatic rings. The van der Waals surface area contributed by atoms with E-state index in [4.69, 9.17) is 21.1 Å². The van der Waals surface area contributed by atoms with Crippen molar-refractivity contribution in [1.82, 2.24) is 9.97 Å². The number of ether oxygens (including phenoxy) is 2. The molecule has 0 radical (unpaired) electrons. The number of anilines is 2. The summed E-state index contributed by atoms with van der Waals surface area (Å²) in [5, 5.41) is 4.02. The van der Waals surface area contributed by atoms with Gasteiger partial charge < -0.3 is 14.8 Å². The Kier molecular flexibility index (Phi) is 6.91. The second-order valence-corrected chi connectivity index (χ2v) is 8.27. The lowest BCUT2D eigenvalue weighted by atomic mass is 10.1. The summed E-state index contributed by atoms with van der Waals surface area (Å²) in [5.41, 5.74) is 2.76. The van der Waals surface area contributed by atoms with E-state index in [-0.39, 0.29) is 11.1 Å². The molecule has 1 aromatic heterocycles. The van der Waals surface area contributed by atoms with E-state index in [1.807, 2.05) is 30.3 Å². The minimum atomic E-state index is -0.112. The Labute approximate surface area is 204 Å². The van der Waals surface area contributed by atoms with Gasteiger partial charge in [0.05, 0.1) is 19.7 Å². The van der Waals surface area contributed by atoms with E-state index in [0.717, 1.165) is 10.0 Å². The van der Waals surface area contributed by atoms with Gasteiger partial charge in [-0.15, -0.1) is 0 Å². The average Bonchev–Trinajstić information content (AvgIpc) is 2.82. The summed E-state index contributed by atoms with van der Waals surface area (Å²) in [6.07, 6.45) is 3.34. The molecule has 0 amide bonds. The highest BCUT2D eigenvalue weighted by atomic mass is 79.9. The molecule has 4 aromatic rings. The molecule has 0 spiro atoms. The van der Waals surface area contributed by atoms with Gasteiger partial charge in [0.2, 0.25) is 5.28 Å². The Balaban J connectivity index is 1.63. The zero-order chi connectivity index (χ0) is 23.4. The summed E-state index contributed by atoms with van der Waals surface area (Å²) in [5.74, 6) is 1.45. The van der Waals surface area contributed by atoms with Crippen molar-refractivity contribution in [2.24, 2.45) is 0 Å². The van der Waals surface area contributed by atoms with Gasteiger partial charge in [-0.1, -0.05) is 46.3 Å². The smallest absolute Gasteiger partial charge is 0.224 e. The number of hydrogen-bond acceptors (Lipinski definition) is 6. The monoisotopic (exact) mass is 523 g/mol. The number of nitrogens with zero attached hydrogens (tertiary/aromatic N) is 2. The molecule has 0 unspecified atom stereocenters. The molecule has 0 bridgehead atoms. The van der Waals surface area contributed by atoms with Crippen molar-refractivity contribution in [1.29, 1.82) is 0 Å². The summed E-state index contributed by atoms with van der Waals surface area (Å²) >= 11 is 9.55. The van der Waals surface area contributed by atoms with Gasteiger partial charge >= 0.3 is 0 Å². The number of hydrogen-bond donors (Lipinski definition) is 1. The van der Waals surface area contributed by atoms with Crippen LogP contribution in [0.25, 0.3) is 17.0 Å². The quantitative estimate of drug-likeness (QED) is 0.165. The third-order valence-corrected chi connectivity index (χ3v) is 5.58. The molecule has 3 aromatic carbocycles. The molecule has 0 atom stereocenters. The van der Waals surface area contributed by atoms with E-state index in [1.54, 1.807) is 56.7 Å². The van der Waals surface area contributed by atoms with Crippen molar-refractivity contribution in [2.45, 2.75) is 0 Å². The predicted octanol–water partition coefficient (Wildman–Crippen LogP) is 6.70. The minimum absolute atomic E-state index is 0.0851. The van der Waals surface area contributed by atoms with Crippen LogP contribution in [0.4, 0.5) is 11.5 Å². The van der Waals surface area contributed by atoms with Crippen LogP contribution < -0.4 is 14.8 Å². The van der Waals surface area contributed by atoms with Crippen LogP contribution in [-0.4, -0.2) is 30.0 Å². The van der Waals surface area contributed by atoms with Crippen molar-refractivity contribution in [3.63, 3.8) is 0 Å². The maximum atomic E-state index is 12.7. The van der Waals surface area contributed by atoms with E-state index in [2.05, 4.69) is 31.2 Å². The normalized spacial score (nSPS) is 11.0. The molecule has 0 aliphatic heterocycles. The number of rotatable bonds is 7. The fourth-order valence-electron chi connectivity index (χ4n) is 3.25. The van der Waals surface area contributed by atoms with E-state index in [9.17, 15) is 4.79 Å². The predicted molar refractivity (Wildman–Crippen MR) is 135 cm³/mol. The Morgan fingerprint density at radius 1 is 1.00 bits per heavy atom. The van der Waals surface area contributed by atoms with Crippen LogP contribution in [-0.2, 0) is 0 Å². The Morgan fingerprint density at radius 2 is 1.73 bits per heavy atom. The molecule has 0 fully saturated rings. The van der Waals surface area contributed by atoms with Gasteiger partial charge in [0.15, 0.2) is 17.3 Å². The van der Waals surface area contributed by atoms with Crippen LogP contribution in [0.3, 0.4) is 0 Å². The summed E-state index contributed by atoms with van der Waals surface area (Å²) in [6, 6.07) is 18.4. The molecule has 1 N–H and O–H groups in total. The van der Waals surface area contributed by atoms with Gasteiger partial charge in [-0.3, -0.25) is 4.79 Å². The first-order valence-corrected chi connectivity index (χ1v) is 11.1. The highest BCUT2D eigenvalue weighted by molar-refractivity contribution is 9.10. The third-order valence-electron chi connectivity index (χ3n) is 4.88. The first-order valence-electron chi connectivity index (χ1n) is 9.91. The van der Waals surface area contributed by atoms with Gasteiger partial charge in [0.25, 0.3) is 0 Å². The summed E-state index contributed by atoms with van der Waals surface area (Å²) in [7, 11) is 3.11. The first kappa shape index (κ1) is 22.8. The van der Waals surface area contributed by atoms with Crippen molar-refractivity contribution >= 4 is 61.8 Å². The van der Waals surface area contributed by atoms with E-state index in [0.29, 0.717) is 39.5 Å². The van der Waals surface area contributed by atoms with Gasteiger partial charge in [-0.05, 0) is 53.6 Å². The van der Waals surface area contributed by atoms with Crippen LogP contribution in [0.1, 0.15) is 15.9 Å². The Morgan fingerprint density at radius 3 is 2.45 bits per heavy atom. The maximum absolute atomic E-state index is 12.7. The highest BCUT2D eigenvalue weighted by Gasteiger charge is 2.13. The molecule has 0 saturated carbocycles. The van der Waals surface area contributed by atoms with Crippen molar-refractivity contribution in [3.8, 4) is 11.5 Å². The molecule has 0 aliphatic carbocycles. The van der Waals surface area contributed by atoms with E-state index < -0.39 is 0 Å². The average molecular weight is 525 g/mol. The lowest BCUT2D eigenvalue weighted by molar-refractivity contribution is 0.104. The second-order valence-electron chi connectivity index (χ2n) is 7.02. The molecule has 166 valence electrons. The largest absolute Gasteiger partial charge is 0.493 e. The van der Waals surface area contributed by atoms with Crippen LogP contribution in [0, 0.1) is 0 Å². The summed E-state index contributed by atoms with van der Waals surface area (Å²) in [4.78, 5) is 21.3. The maximum Gasteiger partial charge on any atom is 0.224 e. The molecule has 1 heterocycles. The lowest BCUT2D eigenvalue weighted by Gasteiger charge is -2.13. The van der Waals surface area contributed by atoms with Crippen LogP contribution in [0.5, 0.6) is 11.5 Å². The van der Waals surface area contributed by atoms with Crippen molar-refractivity contribution in [3.05, 3.63) is 87.6 Å². The van der Waals surface area contributed by atoms with Gasteiger partial charge in [-0.2, -0.15) is 4.98 Å². The number of fused-ring (bicyclic) bond motifs is 1. The number of halogens is 2. The lowest BCUT2D eigenvalue weighted by Crippen LogP contribution is -2.00. The van der Waals surface area contributed by atoms with E-state index in [1.165, 1.54) is 0 Å². The highest BCUT2D eigenvalue weighted by Crippen LogP contribution is 2.35. The minimum Gasteiger partial charge on any atom is -0.493 e. The third kappa shape index (κ3) is 5.32. The summed E-state index contributed by atoms with van der Waals surface area (Å²) in [6.45, 7) is 0. The zero-order valence-electron chi connectivity index (χ0n) is 17.8. The van der Waals surface area contributed by atoms with E-state index >= 15 is 0 Å². The number of allylic oxidation sites excluding steroid dienone is 1. The van der Waals surface area contributed by atoms with Gasteiger partial charge in [0, 0.05) is 27.2 Å². The summed E-state index contributed by atoms with van der Waals surface area (Å²) < 4.78 is 11.7. The standard InChI is InChI=1S/C25H19BrClN3O3/c1-32-22-13-19-20(14-23(22)33-2)29-25(27)30-24(19)28-18-5-3-4-16(12-18)21(31)11-8-15-6-9-17(26)10-7-15/h3-14H,1-2H3,(H,28,29,30)/b11-8+. The van der Waals surface area contributed by atoms with Crippen molar-refractivity contribution in [2.75, 3.05) is 19.5 Å². The molecule has 8 heteroatoms. The second kappa shape index (κ2) is 10.0. The fraction of sp³-hybridized carbons (Fsp3) is 0.0800.